The summed E-state index contributed by atoms with van der Waals surface area (Å²) in [5.74, 6) is -0.304. The van der Waals surface area contributed by atoms with E-state index in [9.17, 15) is 9.59 Å². The topological polar surface area (TPSA) is 61.4 Å². The summed E-state index contributed by atoms with van der Waals surface area (Å²) in [4.78, 5) is 27.0. The lowest BCUT2D eigenvalue weighted by molar-refractivity contribution is -0.115. The largest absolute Gasteiger partial charge is 0.362 e. The smallest absolute Gasteiger partial charge is 0.253 e. The Morgan fingerprint density at radius 2 is 1.88 bits per heavy atom. The Kier molecular flexibility index (Phi) is 5.26. The van der Waals surface area contributed by atoms with Crippen LogP contribution in [-0.4, -0.2) is 30.9 Å². The van der Waals surface area contributed by atoms with Gasteiger partial charge in [-0.1, -0.05) is 24.3 Å². The van der Waals surface area contributed by atoms with Crippen LogP contribution in [-0.2, 0) is 11.2 Å². The van der Waals surface area contributed by atoms with Crippen molar-refractivity contribution in [3.05, 3.63) is 59.2 Å². The molecule has 2 amide bonds. The summed E-state index contributed by atoms with van der Waals surface area (Å²) in [5.41, 5.74) is 4.73. The van der Waals surface area contributed by atoms with Gasteiger partial charge in [0, 0.05) is 18.3 Å². The summed E-state index contributed by atoms with van der Waals surface area (Å²) in [5, 5.41) is 5.76. The van der Waals surface area contributed by atoms with Gasteiger partial charge in [0.15, 0.2) is 0 Å². The number of para-hydroxylation sites is 1. The molecule has 2 aromatic carbocycles. The molecular weight excluding hydrogens is 326 g/mol. The predicted molar refractivity (Wildman–Crippen MR) is 105 cm³/mol. The van der Waals surface area contributed by atoms with Crippen LogP contribution in [0, 0.1) is 6.92 Å². The molecule has 5 heteroatoms. The molecule has 1 aliphatic heterocycles. The van der Waals surface area contributed by atoms with E-state index in [1.165, 1.54) is 11.1 Å². The first kappa shape index (κ1) is 18.0. The minimum atomic E-state index is -0.182. The van der Waals surface area contributed by atoms with Gasteiger partial charge in [-0.3, -0.25) is 9.59 Å². The molecule has 1 aliphatic rings. The van der Waals surface area contributed by atoms with Gasteiger partial charge < -0.3 is 15.5 Å². The molecule has 0 unspecified atom stereocenters. The summed E-state index contributed by atoms with van der Waals surface area (Å²) in [6.07, 6.45) is 0.961. The van der Waals surface area contributed by atoms with Crippen LogP contribution in [0.2, 0.25) is 0 Å². The molecule has 136 valence electrons. The van der Waals surface area contributed by atoms with Crippen LogP contribution in [0.1, 0.15) is 35.3 Å². The van der Waals surface area contributed by atoms with E-state index in [0.29, 0.717) is 11.3 Å². The van der Waals surface area contributed by atoms with Gasteiger partial charge in [0.1, 0.15) is 0 Å². The van der Waals surface area contributed by atoms with Crippen LogP contribution < -0.4 is 15.5 Å². The van der Waals surface area contributed by atoms with Crippen molar-refractivity contribution in [3.63, 3.8) is 0 Å². The Morgan fingerprint density at radius 3 is 2.65 bits per heavy atom. The molecule has 5 nitrogen and oxygen atoms in total. The van der Waals surface area contributed by atoms with Crippen molar-refractivity contribution >= 4 is 23.2 Å². The van der Waals surface area contributed by atoms with E-state index in [4.69, 9.17) is 0 Å². The van der Waals surface area contributed by atoms with E-state index in [0.717, 1.165) is 18.7 Å². The fraction of sp³-hybridized carbons (Fsp3) is 0.333. The van der Waals surface area contributed by atoms with Crippen molar-refractivity contribution in [2.24, 2.45) is 0 Å². The zero-order valence-electron chi connectivity index (χ0n) is 15.5. The van der Waals surface area contributed by atoms with Crippen LogP contribution >= 0.6 is 0 Å². The molecule has 0 bridgehead atoms. The van der Waals surface area contributed by atoms with Gasteiger partial charge in [-0.25, -0.2) is 0 Å². The standard InChI is InChI=1S/C21H25N3O2/c1-14(2)22-21(26)17-8-4-5-9-18(17)23-20(25)13-24-12-11-16-15(3)7-6-10-19(16)24/h4-10,14H,11-13H2,1-3H3,(H,22,26)(H,23,25). The molecule has 2 aromatic rings. The second-order valence-electron chi connectivity index (χ2n) is 6.97. The van der Waals surface area contributed by atoms with Crippen molar-refractivity contribution in [1.29, 1.82) is 0 Å². The highest BCUT2D eigenvalue weighted by atomic mass is 16.2. The molecule has 26 heavy (non-hydrogen) atoms. The summed E-state index contributed by atoms with van der Waals surface area (Å²) in [6.45, 7) is 7.03. The van der Waals surface area contributed by atoms with Crippen molar-refractivity contribution in [3.8, 4) is 0 Å². The van der Waals surface area contributed by atoms with Crippen LogP contribution in [0.4, 0.5) is 11.4 Å². The molecule has 3 rings (SSSR count). The first-order chi connectivity index (χ1) is 12.5. The number of benzene rings is 2. The molecule has 0 fully saturated rings. The second-order valence-corrected chi connectivity index (χ2v) is 6.97. The van der Waals surface area contributed by atoms with Crippen LogP contribution in [0.25, 0.3) is 0 Å². The van der Waals surface area contributed by atoms with Gasteiger partial charge >= 0.3 is 0 Å². The van der Waals surface area contributed by atoms with E-state index in [-0.39, 0.29) is 24.4 Å². The summed E-state index contributed by atoms with van der Waals surface area (Å²) >= 11 is 0. The Bertz CT molecular complexity index is 830. The first-order valence-electron chi connectivity index (χ1n) is 8.99. The van der Waals surface area contributed by atoms with Crippen LogP contribution in [0.3, 0.4) is 0 Å². The number of anilines is 2. The third-order valence-electron chi connectivity index (χ3n) is 4.56. The minimum absolute atomic E-state index is 0.0376. The first-order valence-corrected chi connectivity index (χ1v) is 8.99. The quantitative estimate of drug-likeness (QED) is 0.870. The van der Waals surface area contributed by atoms with Crippen molar-refractivity contribution < 1.29 is 9.59 Å². The zero-order chi connectivity index (χ0) is 18.7. The number of rotatable bonds is 5. The third kappa shape index (κ3) is 3.87. The average Bonchev–Trinajstić information content (AvgIpc) is 2.99. The van der Waals surface area contributed by atoms with Gasteiger partial charge in [-0.2, -0.15) is 0 Å². The van der Waals surface area contributed by atoms with E-state index >= 15 is 0 Å². The lowest BCUT2D eigenvalue weighted by Gasteiger charge is -2.20. The normalized spacial score (nSPS) is 12.8. The number of carbonyl (C=O) groups is 2. The fourth-order valence-corrected chi connectivity index (χ4v) is 3.33. The molecule has 0 saturated heterocycles. The van der Waals surface area contributed by atoms with E-state index in [2.05, 4.69) is 34.6 Å². The maximum atomic E-state index is 12.6. The second kappa shape index (κ2) is 7.60. The Morgan fingerprint density at radius 1 is 1.12 bits per heavy atom. The number of nitrogens with one attached hydrogen (secondary N) is 2. The van der Waals surface area contributed by atoms with E-state index in [1.807, 2.05) is 26.0 Å². The van der Waals surface area contributed by atoms with E-state index < -0.39 is 0 Å². The maximum absolute atomic E-state index is 12.6. The molecule has 0 aliphatic carbocycles. The van der Waals surface area contributed by atoms with Crippen molar-refractivity contribution in [2.75, 3.05) is 23.3 Å². The van der Waals surface area contributed by atoms with Crippen molar-refractivity contribution in [1.82, 2.24) is 5.32 Å². The molecule has 0 atom stereocenters. The van der Waals surface area contributed by atoms with Gasteiger partial charge in [-0.05, 0) is 56.5 Å². The molecule has 0 spiro atoms. The average molecular weight is 351 g/mol. The number of carbonyl (C=O) groups excluding carboxylic acids is 2. The highest BCUT2D eigenvalue weighted by molar-refractivity contribution is 6.04. The number of aryl methyl sites for hydroxylation is 1. The van der Waals surface area contributed by atoms with Gasteiger partial charge in [0.25, 0.3) is 5.91 Å². The van der Waals surface area contributed by atoms with Gasteiger partial charge in [0.05, 0.1) is 17.8 Å². The van der Waals surface area contributed by atoms with Crippen molar-refractivity contribution in [2.45, 2.75) is 33.2 Å². The highest BCUT2D eigenvalue weighted by Gasteiger charge is 2.22. The molecule has 0 saturated carbocycles. The number of nitrogens with zero attached hydrogens (tertiary/aromatic N) is 1. The number of amides is 2. The van der Waals surface area contributed by atoms with Gasteiger partial charge in [0.2, 0.25) is 5.91 Å². The molecule has 2 N–H and O–H groups in total. The van der Waals surface area contributed by atoms with E-state index in [1.54, 1.807) is 18.2 Å². The maximum Gasteiger partial charge on any atom is 0.253 e. The lowest BCUT2D eigenvalue weighted by atomic mass is 10.1. The molecule has 0 radical (unpaired) electrons. The SMILES string of the molecule is Cc1cccc2c1CCN2CC(=O)Nc1ccccc1C(=O)NC(C)C. The molecule has 1 heterocycles. The molecule has 0 aromatic heterocycles. The van der Waals surface area contributed by atoms with Crippen LogP contribution in [0.15, 0.2) is 42.5 Å². The predicted octanol–water partition coefficient (Wildman–Crippen LogP) is 3.13. The monoisotopic (exact) mass is 351 g/mol. The van der Waals surface area contributed by atoms with Crippen LogP contribution in [0.5, 0.6) is 0 Å². The zero-order valence-corrected chi connectivity index (χ0v) is 15.5. The number of hydrogen-bond donors (Lipinski definition) is 2. The summed E-state index contributed by atoms with van der Waals surface area (Å²) < 4.78 is 0. The number of fused-ring (bicyclic) bond motifs is 1. The summed E-state index contributed by atoms with van der Waals surface area (Å²) in [7, 11) is 0. The van der Waals surface area contributed by atoms with Gasteiger partial charge in [-0.15, -0.1) is 0 Å². The summed E-state index contributed by atoms with van der Waals surface area (Å²) in [6, 6.07) is 13.3. The molecular formula is C21H25N3O2. The fourth-order valence-electron chi connectivity index (χ4n) is 3.33. The Balaban J connectivity index is 1.71. The third-order valence-corrected chi connectivity index (χ3v) is 4.56. The number of hydrogen-bond acceptors (Lipinski definition) is 3. The Labute approximate surface area is 154 Å². The lowest BCUT2D eigenvalue weighted by Crippen LogP contribution is -2.34. The highest BCUT2D eigenvalue weighted by Crippen LogP contribution is 2.30. The Hall–Kier alpha value is -2.82. The minimum Gasteiger partial charge on any atom is -0.362 e.